The third-order valence-electron chi connectivity index (χ3n) is 3.70. The number of fused-ring (bicyclic) bond motifs is 1. The smallest absolute Gasteiger partial charge is 0.418 e. The van der Waals surface area contributed by atoms with Crippen LogP contribution in [0.1, 0.15) is 32.6 Å². The van der Waals surface area contributed by atoms with E-state index in [2.05, 4.69) is 54.2 Å². The number of rotatable bonds is 6. The fourth-order valence-corrected chi connectivity index (χ4v) is 3.44. The lowest BCUT2D eigenvalue weighted by Crippen LogP contribution is -2.32. The topological polar surface area (TPSA) is 16.8 Å². The first-order valence-corrected chi connectivity index (χ1v) is 9.41. The van der Waals surface area contributed by atoms with E-state index in [0.29, 0.717) is 0 Å². The van der Waals surface area contributed by atoms with Gasteiger partial charge in [0.15, 0.2) is 12.4 Å². The van der Waals surface area contributed by atoms with E-state index in [1.54, 1.807) is 11.3 Å². The molecule has 0 fully saturated rings. The Morgan fingerprint density at radius 2 is 1.62 bits per heavy atom. The first-order valence-electron chi connectivity index (χ1n) is 8.59. The van der Waals surface area contributed by atoms with Crippen LogP contribution in [0, 0.1) is 0 Å². The number of para-hydroxylation sites is 1. The lowest BCUT2D eigenvalue weighted by atomic mass is 10.2. The van der Waals surface area contributed by atoms with Crippen LogP contribution in [0.25, 0.3) is 20.8 Å². The molecule has 0 saturated carbocycles. The number of halogens is 4. The maximum Gasteiger partial charge on any atom is 0.673 e. The quantitative estimate of drug-likeness (QED) is 0.216. The zero-order valence-corrected chi connectivity index (χ0v) is 15.4. The third kappa shape index (κ3) is 7.11. The van der Waals surface area contributed by atoms with Crippen molar-refractivity contribution in [2.75, 3.05) is 0 Å². The second-order valence-corrected chi connectivity index (χ2v) is 6.90. The fourth-order valence-electron chi connectivity index (χ4n) is 2.47. The Balaban J connectivity index is 0.000000431. The molecule has 0 bridgehead atoms. The van der Waals surface area contributed by atoms with E-state index in [9.17, 15) is 17.3 Å². The molecule has 0 aliphatic carbocycles. The van der Waals surface area contributed by atoms with Crippen LogP contribution in [-0.4, -0.2) is 12.2 Å². The molecule has 0 aliphatic heterocycles. The summed E-state index contributed by atoms with van der Waals surface area (Å²) < 4.78 is 42.5. The molecule has 0 radical (unpaired) electrons. The summed E-state index contributed by atoms with van der Waals surface area (Å²) >= 11 is 1.76. The zero-order chi connectivity index (χ0) is 19.0. The Morgan fingerprint density at radius 3 is 2.23 bits per heavy atom. The van der Waals surface area contributed by atoms with Crippen LogP contribution in [0.15, 0.2) is 48.8 Å². The van der Waals surface area contributed by atoms with Gasteiger partial charge in [0.05, 0.1) is 10.2 Å². The monoisotopic (exact) mass is 384 g/mol. The van der Waals surface area contributed by atoms with Crippen molar-refractivity contribution in [1.82, 2.24) is 4.98 Å². The molecular weight excluding hydrogens is 363 g/mol. The van der Waals surface area contributed by atoms with Crippen LogP contribution < -0.4 is 4.57 Å². The van der Waals surface area contributed by atoms with E-state index in [-0.39, 0.29) is 0 Å². The zero-order valence-electron chi connectivity index (χ0n) is 14.5. The lowest BCUT2D eigenvalue weighted by molar-refractivity contribution is -0.697. The molecule has 2 aromatic heterocycles. The van der Waals surface area contributed by atoms with E-state index in [0.717, 1.165) is 17.1 Å². The van der Waals surface area contributed by atoms with Crippen molar-refractivity contribution in [3.63, 3.8) is 0 Å². The van der Waals surface area contributed by atoms with E-state index >= 15 is 0 Å². The second-order valence-electron chi connectivity index (χ2n) is 5.87. The number of aryl methyl sites for hydroxylation is 1. The fraction of sp³-hybridized carbons (Fsp3) is 0.333. The number of benzene rings is 1. The van der Waals surface area contributed by atoms with E-state index < -0.39 is 7.25 Å². The molecule has 0 atom stereocenters. The SMILES string of the molecule is CCCCCC[n+]1ccc(-c2nc3ccccc3s2)cc1.F[B-](F)(F)F. The number of hydrogen-bond acceptors (Lipinski definition) is 2. The van der Waals surface area contributed by atoms with Crippen molar-refractivity contribution in [2.45, 2.75) is 39.2 Å². The number of nitrogens with zero attached hydrogens (tertiary/aromatic N) is 2. The van der Waals surface area contributed by atoms with Crippen LogP contribution in [0.5, 0.6) is 0 Å². The first-order chi connectivity index (χ1) is 12.4. The number of pyridine rings is 1. The van der Waals surface area contributed by atoms with E-state index in [4.69, 9.17) is 4.98 Å². The Hall–Kier alpha value is -1.96. The predicted molar refractivity (Wildman–Crippen MR) is 99.6 cm³/mol. The van der Waals surface area contributed by atoms with Gasteiger partial charge in [-0.3, -0.25) is 0 Å². The summed E-state index contributed by atoms with van der Waals surface area (Å²) in [6, 6.07) is 12.7. The average molecular weight is 384 g/mol. The summed E-state index contributed by atoms with van der Waals surface area (Å²) in [5.74, 6) is 0. The molecule has 0 unspecified atom stereocenters. The Morgan fingerprint density at radius 1 is 0.962 bits per heavy atom. The second kappa shape index (κ2) is 9.66. The van der Waals surface area contributed by atoms with Gasteiger partial charge in [0.2, 0.25) is 0 Å². The summed E-state index contributed by atoms with van der Waals surface area (Å²) in [5.41, 5.74) is 2.30. The van der Waals surface area contributed by atoms with Crippen molar-refractivity contribution in [1.29, 1.82) is 0 Å². The Labute approximate surface area is 154 Å². The number of hydrogen-bond donors (Lipinski definition) is 0. The average Bonchev–Trinajstić information content (AvgIpc) is 3.02. The van der Waals surface area contributed by atoms with Crippen molar-refractivity contribution < 1.29 is 21.8 Å². The first kappa shape index (κ1) is 20.4. The van der Waals surface area contributed by atoms with Gasteiger partial charge in [-0.05, 0) is 18.6 Å². The van der Waals surface area contributed by atoms with Gasteiger partial charge in [0.1, 0.15) is 11.6 Å². The van der Waals surface area contributed by atoms with Crippen LogP contribution in [0.4, 0.5) is 17.3 Å². The van der Waals surface area contributed by atoms with Gasteiger partial charge in [-0.25, -0.2) is 9.55 Å². The number of aromatic nitrogens is 2. The normalized spacial score (nSPS) is 11.3. The van der Waals surface area contributed by atoms with Gasteiger partial charge >= 0.3 is 7.25 Å². The highest BCUT2D eigenvalue weighted by atomic mass is 32.1. The van der Waals surface area contributed by atoms with Gasteiger partial charge in [-0.15, -0.1) is 11.3 Å². The van der Waals surface area contributed by atoms with Crippen LogP contribution in [0.3, 0.4) is 0 Å². The highest BCUT2D eigenvalue weighted by Gasteiger charge is 2.20. The highest BCUT2D eigenvalue weighted by Crippen LogP contribution is 2.29. The Bertz CT molecular complexity index is 764. The van der Waals surface area contributed by atoms with Gasteiger partial charge in [0, 0.05) is 24.1 Å². The standard InChI is InChI=1S/C18H21N2S.BF4/c1-2-3-4-7-12-20-13-10-15(11-14-20)18-19-16-8-5-6-9-17(16)21-18;2-1(3,4)5/h5-6,8-11,13-14H,2-4,7,12H2,1H3;/q+1;-1. The van der Waals surface area contributed by atoms with Gasteiger partial charge < -0.3 is 17.3 Å². The minimum absolute atomic E-state index is 1.09. The van der Waals surface area contributed by atoms with Crippen molar-refractivity contribution >= 4 is 28.8 Å². The van der Waals surface area contributed by atoms with E-state index in [1.807, 2.05) is 6.07 Å². The van der Waals surface area contributed by atoms with Gasteiger partial charge in [0.25, 0.3) is 0 Å². The van der Waals surface area contributed by atoms with Crippen molar-refractivity contribution in [3.8, 4) is 10.6 Å². The highest BCUT2D eigenvalue weighted by molar-refractivity contribution is 7.21. The summed E-state index contributed by atoms with van der Waals surface area (Å²) in [5, 5.41) is 1.11. The van der Waals surface area contributed by atoms with Gasteiger partial charge in [-0.2, -0.15) is 0 Å². The molecule has 1 aromatic carbocycles. The van der Waals surface area contributed by atoms with Gasteiger partial charge in [-0.1, -0.05) is 31.9 Å². The molecule has 26 heavy (non-hydrogen) atoms. The van der Waals surface area contributed by atoms with Crippen LogP contribution in [0.2, 0.25) is 0 Å². The minimum atomic E-state index is -6.00. The maximum absolute atomic E-state index is 9.75. The summed E-state index contributed by atoms with van der Waals surface area (Å²) in [4.78, 5) is 4.71. The third-order valence-corrected chi connectivity index (χ3v) is 4.79. The molecule has 0 spiro atoms. The van der Waals surface area contributed by atoms with Crippen LogP contribution >= 0.6 is 11.3 Å². The molecule has 8 heteroatoms. The van der Waals surface area contributed by atoms with Crippen LogP contribution in [-0.2, 0) is 6.54 Å². The lowest BCUT2D eigenvalue weighted by Gasteiger charge is -1.98. The molecule has 3 aromatic rings. The summed E-state index contributed by atoms with van der Waals surface area (Å²) in [6.07, 6.45) is 9.56. The summed E-state index contributed by atoms with van der Waals surface area (Å²) in [6.45, 7) is 3.36. The molecule has 3 rings (SSSR count). The van der Waals surface area contributed by atoms with E-state index in [1.165, 1.54) is 35.9 Å². The molecule has 0 saturated heterocycles. The predicted octanol–water partition coefficient (Wildman–Crippen LogP) is 6.13. The molecule has 0 N–H and O–H groups in total. The molecule has 140 valence electrons. The molecule has 2 heterocycles. The molecule has 0 aliphatic rings. The number of unbranched alkanes of at least 4 members (excludes halogenated alkanes) is 3. The molecular formula is C18H21BF4N2S. The molecule has 0 amide bonds. The summed E-state index contributed by atoms with van der Waals surface area (Å²) in [7, 11) is -6.00. The van der Waals surface area contributed by atoms with Crippen molar-refractivity contribution in [2.24, 2.45) is 0 Å². The molecule has 2 nitrogen and oxygen atoms in total. The minimum Gasteiger partial charge on any atom is -0.418 e. The number of thiazole rings is 1. The largest absolute Gasteiger partial charge is 0.673 e. The van der Waals surface area contributed by atoms with Crippen molar-refractivity contribution in [3.05, 3.63) is 48.8 Å². The Kier molecular flexibility index (Phi) is 7.57. The maximum atomic E-state index is 9.75.